The van der Waals surface area contributed by atoms with Crippen LogP contribution in [0.5, 0.6) is 17.2 Å². The molecule has 0 spiro atoms. The molecule has 0 aliphatic rings. The van der Waals surface area contributed by atoms with Gasteiger partial charge in [0.05, 0.1) is 5.56 Å². The van der Waals surface area contributed by atoms with Gasteiger partial charge < -0.3 is 29.0 Å². The lowest BCUT2D eigenvalue weighted by Gasteiger charge is -2.11. The molecule has 0 aromatic heterocycles. The number of aryl methyl sites for hydroxylation is 1. The van der Waals surface area contributed by atoms with Gasteiger partial charge in [-0.05, 0) is 79.2 Å². The second-order valence-electron chi connectivity index (χ2n) is 7.73. The van der Waals surface area contributed by atoms with Crippen LogP contribution in [0.1, 0.15) is 26.3 Å². The zero-order valence-corrected chi connectivity index (χ0v) is 21.0. The average molecular weight is 532 g/mol. The van der Waals surface area contributed by atoms with Crippen LogP contribution in [0.15, 0.2) is 92.0 Å². The maximum atomic E-state index is 12.7. The summed E-state index contributed by atoms with van der Waals surface area (Å²) in [5.41, 5.74) is 1.78. The van der Waals surface area contributed by atoms with Gasteiger partial charge in [-0.2, -0.15) is 0 Å². The van der Waals surface area contributed by atoms with Crippen LogP contribution in [0, 0.1) is 6.92 Å². The number of nitrogens with one attached hydrogen (secondary N) is 1. The molecule has 0 unspecified atom stereocenters. The maximum absolute atomic E-state index is 12.7. The summed E-state index contributed by atoms with van der Waals surface area (Å²) in [6, 6.07) is 17.3. The summed E-state index contributed by atoms with van der Waals surface area (Å²) in [4.78, 5) is 47.3. The SMILES string of the molecule is C=CC(=O)OCOc1ccc(OC(=O)c2ccc(NC(=O)c3ccc(OCOC(=O)C=C)cc3)cc2C)cc1. The lowest BCUT2D eigenvalue weighted by molar-refractivity contribution is -0.145. The standard InChI is InChI=1S/C29H25NO9/c1-4-26(31)37-17-35-22-9-6-20(7-10-22)28(33)30-21-8-15-25(19(3)16-21)29(34)39-24-13-11-23(12-14-24)36-18-38-27(32)5-2/h4-16H,1-2,17-18H2,3H3,(H,30,33). The van der Waals surface area contributed by atoms with Crippen molar-refractivity contribution in [2.45, 2.75) is 6.92 Å². The van der Waals surface area contributed by atoms with Crippen molar-refractivity contribution in [2.75, 3.05) is 18.9 Å². The highest BCUT2D eigenvalue weighted by atomic mass is 16.7. The van der Waals surface area contributed by atoms with Crippen molar-refractivity contribution >= 4 is 29.5 Å². The first-order valence-corrected chi connectivity index (χ1v) is 11.5. The molecule has 0 aliphatic heterocycles. The smallest absolute Gasteiger partial charge is 0.343 e. The third-order valence-electron chi connectivity index (χ3n) is 5.04. The minimum absolute atomic E-state index is 0.277. The molecule has 0 heterocycles. The molecule has 1 N–H and O–H groups in total. The molecule has 0 saturated carbocycles. The molecule has 0 fully saturated rings. The van der Waals surface area contributed by atoms with E-state index in [1.54, 1.807) is 61.5 Å². The van der Waals surface area contributed by atoms with Crippen LogP contribution < -0.4 is 19.5 Å². The van der Waals surface area contributed by atoms with Crippen molar-refractivity contribution in [1.82, 2.24) is 0 Å². The van der Waals surface area contributed by atoms with Gasteiger partial charge in [0.15, 0.2) is 0 Å². The maximum Gasteiger partial charge on any atom is 0.343 e. The van der Waals surface area contributed by atoms with E-state index in [0.29, 0.717) is 39.6 Å². The molecule has 0 radical (unpaired) electrons. The number of carbonyl (C=O) groups is 4. The Kier molecular flexibility index (Phi) is 9.97. The Labute approximate surface area is 224 Å². The number of ether oxygens (including phenoxy) is 5. The van der Waals surface area contributed by atoms with Crippen LogP contribution in [0.2, 0.25) is 0 Å². The van der Waals surface area contributed by atoms with E-state index in [0.717, 1.165) is 12.2 Å². The Balaban J connectivity index is 1.53. The zero-order valence-electron chi connectivity index (χ0n) is 21.0. The van der Waals surface area contributed by atoms with Crippen molar-refractivity contribution in [3.05, 3.63) is 109 Å². The average Bonchev–Trinajstić information content (AvgIpc) is 2.94. The van der Waals surface area contributed by atoms with Crippen molar-refractivity contribution in [1.29, 1.82) is 0 Å². The number of esters is 3. The van der Waals surface area contributed by atoms with Crippen molar-refractivity contribution < 1.29 is 42.9 Å². The van der Waals surface area contributed by atoms with E-state index < -0.39 is 17.9 Å². The number of hydrogen-bond donors (Lipinski definition) is 1. The second kappa shape index (κ2) is 13.8. The largest absolute Gasteiger partial charge is 0.457 e. The topological polar surface area (TPSA) is 126 Å². The Morgan fingerprint density at radius 1 is 0.744 bits per heavy atom. The predicted octanol–water partition coefficient (Wildman–Crippen LogP) is 4.60. The van der Waals surface area contributed by atoms with Gasteiger partial charge in [-0.1, -0.05) is 13.2 Å². The number of hydrogen-bond acceptors (Lipinski definition) is 9. The molecule has 3 aromatic carbocycles. The molecular weight excluding hydrogens is 506 g/mol. The molecule has 39 heavy (non-hydrogen) atoms. The van der Waals surface area contributed by atoms with E-state index in [-0.39, 0.29) is 19.5 Å². The molecule has 0 atom stereocenters. The predicted molar refractivity (Wildman–Crippen MR) is 141 cm³/mol. The van der Waals surface area contributed by atoms with Crippen molar-refractivity contribution in [2.24, 2.45) is 0 Å². The lowest BCUT2D eigenvalue weighted by atomic mass is 10.1. The molecule has 3 aromatic rings. The van der Waals surface area contributed by atoms with Gasteiger partial charge >= 0.3 is 17.9 Å². The van der Waals surface area contributed by atoms with Crippen molar-refractivity contribution in [3.8, 4) is 17.2 Å². The van der Waals surface area contributed by atoms with Gasteiger partial charge in [0.1, 0.15) is 17.2 Å². The molecule has 1 amide bonds. The van der Waals surface area contributed by atoms with Gasteiger partial charge in [0.25, 0.3) is 5.91 Å². The first-order valence-electron chi connectivity index (χ1n) is 11.5. The van der Waals surface area contributed by atoms with E-state index >= 15 is 0 Å². The molecule has 0 bridgehead atoms. The fraction of sp³-hybridized carbons (Fsp3) is 0.103. The Morgan fingerprint density at radius 2 is 1.26 bits per heavy atom. The van der Waals surface area contributed by atoms with Crippen LogP contribution in [0.3, 0.4) is 0 Å². The van der Waals surface area contributed by atoms with Crippen LogP contribution in [0.25, 0.3) is 0 Å². The van der Waals surface area contributed by atoms with E-state index in [1.165, 1.54) is 12.1 Å². The zero-order chi connectivity index (χ0) is 28.2. The van der Waals surface area contributed by atoms with Gasteiger partial charge in [-0.15, -0.1) is 0 Å². The van der Waals surface area contributed by atoms with E-state index in [1.807, 2.05) is 0 Å². The van der Waals surface area contributed by atoms with Gasteiger partial charge in [-0.25, -0.2) is 14.4 Å². The number of carbonyl (C=O) groups excluding carboxylic acids is 4. The minimum atomic E-state index is -0.605. The Morgan fingerprint density at radius 3 is 1.77 bits per heavy atom. The molecular formula is C29H25NO9. The monoisotopic (exact) mass is 531 g/mol. The van der Waals surface area contributed by atoms with E-state index in [2.05, 4.69) is 18.5 Å². The van der Waals surface area contributed by atoms with Crippen molar-refractivity contribution in [3.63, 3.8) is 0 Å². The lowest BCUT2D eigenvalue weighted by Crippen LogP contribution is -2.14. The summed E-state index contributed by atoms with van der Waals surface area (Å²) < 4.78 is 25.4. The van der Waals surface area contributed by atoms with Crippen LogP contribution in [-0.4, -0.2) is 37.4 Å². The molecule has 3 rings (SSSR count). The number of benzene rings is 3. The van der Waals surface area contributed by atoms with Gasteiger partial charge in [0.2, 0.25) is 13.6 Å². The highest BCUT2D eigenvalue weighted by Gasteiger charge is 2.14. The number of anilines is 1. The number of amides is 1. The summed E-state index contributed by atoms with van der Waals surface area (Å²) in [5.74, 6) is -1.03. The summed E-state index contributed by atoms with van der Waals surface area (Å²) in [5, 5.41) is 2.77. The molecule has 200 valence electrons. The Hall–Kier alpha value is -5.38. The molecule has 0 aliphatic carbocycles. The normalized spacial score (nSPS) is 9.97. The van der Waals surface area contributed by atoms with E-state index in [9.17, 15) is 19.2 Å². The Bertz CT molecular complexity index is 1360. The minimum Gasteiger partial charge on any atom is -0.457 e. The second-order valence-corrected chi connectivity index (χ2v) is 7.73. The highest BCUT2D eigenvalue weighted by Crippen LogP contribution is 2.22. The summed E-state index contributed by atoms with van der Waals surface area (Å²) in [6.45, 7) is 7.74. The van der Waals surface area contributed by atoms with Gasteiger partial charge in [0, 0.05) is 23.4 Å². The summed E-state index contributed by atoms with van der Waals surface area (Å²) in [7, 11) is 0. The highest BCUT2D eigenvalue weighted by molar-refractivity contribution is 6.04. The van der Waals surface area contributed by atoms with Gasteiger partial charge in [-0.3, -0.25) is 4.79 Å². The first kappa shape index (κ1) is 28.2. The third-order valence-corrected chi connectivity index (χ3v) is 5.04. The van der Waals surface area contributed by atoms with Crippen LogP contribution in [-0.2, 0) is 19.1 Å². The number of rotatable bonds is 12. The fourth-order valence-electron chi connectivity index (χ4n) is 3.07. The summed E-state index contributed by atoms with van der Waals surface area (Å²) >= 11 is 0. The van der Waals surface area contributed by atoms with E-state index in [4.69, 9.17) is 23.7 Å². The summed E-state index contributed by atoms with van der Waals surface area (Å²) in [6.07, 6.45) is 2.05. The van der Waals surface area contributed by atoms with Crippen LogP contribution >= 0.6 is 0 Å². The third kappa shape index (κ3) is 8.60. The molecule has 10 nitrogen and oxygen atoms in total. The fourth-order valence-corrected chi connectivity index (χ4v) is 3.07. The molecule has 10 heteroatoms. The quantitative estimate of drug-likeness (QED) is 0.154. The molecule has 0 saturated heterocycles. The van der Waals surface area contributed by atoms with Crippen LogP contribution in [0.4, 0.5) is 5.69 Å². The first-order chi connectivity index (χ1) is 18.8.